The summed E-state index contributed by atoms with van der Waals surface area (Å²) in [6, 6.07) is 2.69. The predicted molar refractivity (Wildman–Crippen MR) is 143 cm³/mol. The number of ketones is 1. The van der Waals surface area contributed by atoms with Crippen molar-refractivity contribution in [1.82, 2.24) is 24.3 Å². The first-order valence-corrected chi connectivity index (χ1v) is 14.0. The molecule has 1 aromatic carbocycles. The monoisotopic (exact) mass is 527 g/mol. The van der Waals surface area contributed by atoms with E-state index in [1.165, 1.54) is 21.3 Å². The molecule has 206 valence electrons. The predicted octanol–water partition coefficient (Wildman–Crippen LogP) is 0.433. The molecule has 3 saturated heterocycles. The first-order valence-electron chi connectivity index (χ1n) is 14.0. The van der Waals surface area contributed by atoms with Crippen molar-refractivity contribution in [2.75, 3.05) is 57.3 Å². The standard InChI is InChI=1S/C27H38FN7O3/c1-31-24-21(35(27(31)38)25-22(36)4-7-30-26(25)37)3-2-20(28)23(24)34-8-5-17(6-9-34)16-32-10-12-33(13-11-32)19-14-18(29)15-19/h2-3,17-19,25H,4-16,29H2,1H3,(H,30,37). The Morgan fingerprint density at radius 3 is 2.39 bits per heavy atom. The molecule has 4 aliphatic rings. The fraction of sp³-hybridized carbons (Fsp3) is 0.667. The second-order valence-corrected chi connectivity index (χ2v) is 11.5. The van der Waals surface area contributed by atoms with E-state index in [1.807, 2.05) is 4.90 Å². The lowest BCUT2D eigenvalue weighted by Gasteiger charge is -2.46. The summed E-state index contributed by atoms with van der Waals surface area (Å²) in [6.45, 7) is 7.11. The molecule has 11 heteroatoms. The van der Waals surface area contributed by atoms with Crippen LogP contribution in [0.4, 0.5) is 10.1 Å². The lowest BCUT2D eigenvalue weighted by Crippen LogP contribution is -2.57. The summed E-state index contributed by atoms with van der Waals surface area (Å²) in [5.74, 6) is -0.629. The zero-order valence-corrected chi connectivity index (χ0v) is 22.1. The molecule has 1 aliphatic carbocycles. The number of carbonyl (C=O) groups excluding carboxylic acids is 2. The number of anilines is 1. The van der Waals surface area contributed by atoms with Gasteiger partial charge in [-0.3, -0.25) is 23.6 Å². The topological polar surface area (TPSA) is 109 Å². The summed E-state index contributed by atoms with van der Waals surface area (Å²) in [7, 11) is 1.58. The molecule has 4 fully saturated rings. The van der Waals surface area contributed by atoms with Gasteiger partial charge in [-0.1, -0.05) is 0 Å². The van der Waals surface area contributed by atoms with Gasteiger partial charge in [-0.2, -0.15) is 0 Å². The number of nitrogens with zero attached hydrogens (tertiary/aromatic N) is 5. The van der Waals surface area contributed by atoms with Gasteiger partial charge in [0.2, 0.25) is 0 Å². The van der Waals surface area contributed by atoms with Crippen LogP contribution in [0.1, 0.15) is 38.1 Å². The Labute approximate surface area is 221 Å². The summed E-state index contributed by atoms with van der Waals surface area (Å²) >= 11 is 0. The molecule has 0 spiro atoms. The zero-order chi connectivity index (χ0) is 26.6. The number of nitrogens with one attached hydrogen (secondary N) is 1. The molecule has 6 rings (SSSR count). The number of fused-ring (bicyclic) bond motifs is 1. The molecule has 1 atom stereocenters. The van der Waals surface area contributed by atoms with Gasteiger partial charge in [0.25, 0.3) is 5.91 Å². The highest BCUT2D eigenvalue weighted by Gasteiger charge is 2.37. The highest BCUT2D eigenvalue weighted by atomic mass is 19.1. The molecule has 1 aromatic heterocycles. The molecule has 0 radical (unpaired) electrons. The number of aromatic nitrogens is 2. The van der Waals surface area contributed by atoms with Crippen molar-refractivity contribution in [3.63, 3.8) is 0 Å². The third kappa shape index (κ3) is 4.44. The van der Waals surface area contributed by atoms with Crippen LogP contribution in [0.15, 0.2) is 16.9 Å². The van der Waals surface area contributed by atoms with Crippen LogP contribution in [0.2, 0.25) is 0 Å². The van der Waals surface area contributed by atoms with Gasteiger partial charge in [0.05, 0.1) is 16.7 Å². The van der Waals surface area contributed by atoms with Gasteiger partial charge in [-0.25, -0.2) is 9.18 Å². The van der Waals surface area contributed by atoms with E-state index in [0.29, 0.717) is 47.8 Å². The number of rotatable bonds is 5. The number of imidazole rings is 1. The maximum atomic E-state index is 15.3. The molecule has 38 heavy (non-hydrogen) atoms. The minimum atomic E-state index is -1.22. The van der Waals surface area contributed by atoms with E-state index in [0.717, 1.165) is 58.4 Å². The van der Waals surface area contributed by atoms with Crippen molar-refractivity contribution in [2.45, 2.75) is 50.2 Å². The largest absolute Gasteiger partial charge is 0.367 e. The van der Waals surface area contributed by atoms with Gasteiger partial charge >= 0.3 is 5.69 Å². The van der Waals surface area contributed by atoms with E-state index < -0.39 is 23.5 Å². The van der Waals surface area contributed by atoms with E-state index >= 15 is 4.39 Å². The second kappa shape index (κ2) is 10.1. The fourth-order valence-corrected chi connectivity index (χ4v) is 6.87. The van der Waals surface area contributed by atoms with E-state index in [4.69, 9.17) is 5.73 Å². The molecule has 4 heterocycles. The number of hydrogen-bond donors (Lipinski definition) is 2. The maximum absolute atomic E-state index is 15.3. The van der Waals surface area contributed by atoms with Crippen LogP contribution in [0.25, 0.3) is 11.0 Å². The van der Waals surface area contributed by atoms with Gasteiger partial charge in [-0.05, 0) is 43.7 Å². The van der Waals surface area contributed by atoms with Crippen molar-refractivity contribution in [3.05, 3.63) is 28.4 Å². The second-order valence-electron chi connectivity index (χ2n) is 11.5. The minimum absolute atomic E-state index is 0.171. The Bertz CT molecular complexity index is 1270. The molecule has 1 saturated carbocycles. The van der Waals surface area contributed by atoms with E-state index in [1.54, 1.807) is 7.05 Å². The highest BCUT2D eigenvalue weighted by Crippen LogP contribution is 2.34. The number of amides is 1. The van der Waals surface area contributed by atoms with Gasteiger partial charge < -0.3 is 20.9 Å². The van der Waals surface area contributed by atoms with Crippen molar-refractivity contribution in [3.8, 4) is 0 Å². The third-order valence-electron chi connectivity index (χ3n) is 9.17. The molecule has 3 aliphatic heterocycles. The Morgan fingerprint density at radius 2 is 1.74 bits per heavy atom. The van der Waals surface area contributed by atoms with Crippen molar-refractivity contribution in [2.24, 2.45) is 18.7 Å². The van der Waals surface area contributed by atoms with Crippen molar-refractivity contribution in [1.29, 1.82) is 0 Å². The lowest BCUT2D eigenvalue weighted by atomic mass is 9.86. The van der Waals surface area contributed by atoms with Crippen LogP contribution in [-0.2, 0) is 16.6 Å². The highest BCUT2D eigenvalue weighted by molar-refractivity contribution is 6.07. The van der Waals surface area contributed by atoms with Crippen LogP contribution >= 0.6 is 0 Å². The number of piperazine rings is 1. The Kier molecular flexibility index (Phi) is 6.77. The first-order chi connectivity index (χ1) is 18.3. The summed E-state index contributed by atoms with van der Waals surface area (Å²) in [4.78, 5) is 45.6. The lowest BCUT2D eigenvalue weighted by molar-refractivity contribution is -0.135. The van der Waals surface area contributed by atoms with E-state index in [-0.39, 0.29) is 18.7 Å². The van der Waals surface area contributed by atoms with E-state index in [2.05, 4.69) is 15.1 Å². The molecular weight excluding hydrogens is 489 g/mol. The van der Waals surface area contributed by atoms with E-state index in [9.17, 15) is 14.4 Å². The zero-order valence-electron chi connectivity index (χ0n) is 22.1. The molecular formula is C27H38FN7O3. The molecule has 3 N–H and O–H groups in total. The number of hydrogen-bond acceptors (Lipinski definition) is 7. The van der Waals surface area contributed by atoms with Gasteiger partial charge in [0.1, 0.15) is 5.82 Å². The van der Waals surface area contributed by atoms with Crippen LogP contribution in [0, 0.1) is 11.7 Å². The summed E-state index contributed by atoms with van der Waals surface area (Å²) in [5, 5.41) is 2.68. The van der Waals surface area contributed by atoms with Gasteiger partial charge in [0.15, 0.2) is 11.8 Å². The number of piperidine rings is 2. The van der Waals surface area contributed by atoms with Crippen LogP contribution < -0.4 is 21.6 Å². The summed E-state index contributed by atoms with van der Waals surface area (Å²) in [5.41, 5.74) is 6.72. The average Bonchev–Trinajstić information content (AvgIpc) is 3.13. The number of carbonyl (C=O) groups is 2. The Hall–Kier alpha value is -2.76. The van der Waals surface area contributed by atoms with Gasteiger partial charge in [-0.15, -0.1) is 0 Å². The first kappa shape index (κ1) is 25.5. The number of Topliss-reactive ketones (excluding diaryl/α,β-unsaturated/α-hetero) is 1. The molecule has 10 nitrogen and oxygen atoms in total. The maximum Gasteiger partial charge on any atom is 0.330 e. The van der Waals surface area contributed by atoms with Gasteiger partial charge in [0, 0.05) is 77.9 Å². The number of benzene rings is 1. The normalized spacial score (nSPS) is 28.1. The summed E-state index contributed by atoms with van der Waals surface area (Å²) in [6.07, 6.45) is 4.32. The number of nitrogens with two attached hydrogens (primary N) is 1. The average molecular weight is 528 g/mol. The quantitative estimate of drug-likeness (QED) is 0.543. The molecule has 1 amide bonds. The van der Waals surface area contributed by atoms with Crippen LogP contribution in [0.3, 0.4) is 0 Å². The Balaban J connectivity index is 1.15. The smallest absolute Gasteiger partial charge is 0.330 e. The number of aryl methyl sites for hydroxylation is 1. The Morgan fingerprint density at radius 1 is 1.03 bits per heavy atom. The van der Waals surface area contributed by atoms with Crippen molar-refractivity contribution < 1.29 is 14.0 Å². The molecule has 2 aromatic rings. The molecule has 0 bridgehead atoms. The van der Waals surface area contributed by atoms with Crippen LogP contribution in [0.5, 0.6) is 0 Å². The number of halogens is 1. The van der Waals surface area contributed by atoms with Crippen molar-refractivity contribution >= 4 is 28.4 Å². The van der Waals surface area contributed by atoms with Crippen LogP contribution in [-0.4, -0.2) is 95.1 Å². The third-order valence-corrected chi connectivity index (χ3v) is 9.17. The minimum Gasteiger partial charge on any atom is -0.367 e. The summed E-state index contributed by atoms with van der Waals surface area (Å²) < 4.78 is 17.9. The SMILES string of the molecule is Cn1c(=O)n(C2C(=O)CCNC2=O)c2ccc(F)c(N3CCC(CN4CCN(C5CC(N)C5)CC4)CC3)c21. The fourth-order valence-electron chi connectivity index (χ4n) is 6.87. The molecule has 1 unspecified atom stereocenters.